The zero-order chi connectivity index (χ0) is 13.8. The van der Waals surface area contributed by atoms with Gasteiger partial charge in [0, 0.05) is 64.1 Å². The number of piperazine rings is 1. The summed E-state index contributed by atoms with van der Waals surface area (Å²) in [5, 5.41) is 3.45. The molecule has 116 valence electrons. The lowest BCUT2D eigenvalue weighted by atomic mass is 10.1. The van der Waals surface area contributed by atoms with Crippen molar-refractivity contribution in [2.24, 2.45) is 0 Å². The molecule has 2 aliphatic rings. The molecule has 1 unspecified atom stereocenters. The highest BCUT2D eigenvalue weighted by Crippen LogP contribution is 2.21. The Morgan fingerprint density at radius 3 is 2.95 bits per heavy atom. The van der Waals surface area contributed by atoms with Gasteiger partial charge in [0.1, 0.15) is 0 Å². The van der Waals surface area contributed by atoms with E-state index in [1.165, 1.54) is 5.56 Å². The minimum absolute atomic E-state index is 0. The smallest absolute Gasteiger partial charge is 0.222 e. The Morgan fingerprint density at radius 2 is 2.24 bits per heavy atom. The van der Waals surface area contributed by atoms with E-state index in [0.29, 0.717) is 11.9 Å². The van der Waals surface area contributed by atoms with Crippen molar-refractivity contribution in [3.8, 4) is 0 Å². The number of rotatable bonds is 4. The molecular formula is C15H23ClN4O. The summed E-state index contributed by atoms with van der Waals surface area (Å²) in [4.78, 5) is 20.4. The van der Waals surface area contributed by atoms with Gasteiger partial charge in [0.25, 0.3) is 0 Å². The normalized spacial score (nSPS) is 23.1. The van der Waals surface area contributed by atoms with E-state index >= 15 is 0 Å². The first-order valence-electron chi connectivity index (χ1n) is 7.47. The Balaban J connectivity index is 0.00000161. The van der Waals surface area contributed by atoms with Crippen LogP contribution in [-0.4, -0.2) is 60.0 Å². The average molecular weight is 311 g/mol. The largest absolute Gasteiger partial charge is 0.341 e. The van der Waals surface area contributed by atoms with Gasteiger partial charge in [-0.15, -0.1) is 12.4 Å². The molecule has 3 rings (SSSR count). The van der Waals surface area contributed by atoms with Crippen molar-refractivity contribution < 1.29 is 4.79 Å². The van der Waals surface area contributed by atoms with Crippen molar-refractivity contribution in [1.29, 1.82) is 0 Å². The van der Waals surface area contributed by atoms with Crippen molar-refractivity contribution in [2.45, 2.75) is 18.9 Å². The molecule has 1 atom stereocenters. The predicted octanol–water partition coefficient (Wildman–Crippen LogP) is 1.07. The van der Waals surface area contributed by atoms with Gasteiger partial charge in [-0.1, -0.05) is 6.07 Å². The van der Waals surface area contributed by atoms with Crippen molar-refractivity contribution in [1.82, 2.24) is 20.1 Å². The lowest BCUT2D eigenvalue weighted by Crippen LogP contribution is -2.48. The zero-order valence-corrected chi connectivity index (χ0v) is 13.0. The molecule has 2 saturated heterocycles. The molecule has 0 spiro atoms. The van der Waals surface area contributed by atoms with Gasteiger partial charge in [0.2, 0.25) is 5.91 Å². The molecule has 1 aromatic rings. The quantitative estimate of drug-likeness (QED) is 0.904. The molecule has 1 aromatic heterocycles. The second-order valence-corrected chi connectivity index (χ2v) is 5.53. The standard InChI is InChI=1S/C15H22N4O.ClH/c20-15-4-2-7-19(15)10-9-18-8-6-17-12-14(18)13-3-1-5-16-11-13;/h1,3,5,11,14,17H,2,4,6-10,12H2;1H. The minimum Gasteiger partial charge on any atom is -0.341 e. The highest BCUT2D eigenvalue weighted by atomic mass is 35.5. The van der Waals surface area contributed by atoms with E-state index in [0.717, 1.165) is 52.1 Å². The van der Waals surface area contributed by atoms with Crippen LogP contribution in [0.4, 0.5) is 0 Å². The molecule has 0 saturated carbocycles. The summed E-state index contributed by atoms with van der Waals surface area (Å²) in [5.41, 5.74) is 1.26. The molecule has 3 heterocycles. The number of hydrogen-bond acceptors (Lipinski definition) is 4. The number of aromatic nitrogens is 1. The summed E-state index contributed by atoms with van der Waals surface area (Å²) in [6.07, 6.45) is 5.51. The van der Waals surface area contributed by atoms with E-state index in [1.54, 1.807) is 0 Å². The van der Waals surface area contributed by atoms with Gasteiger partial charge in [0.15, 0.2) is 0 Å². The Kier molecular flexibility index (Phi) is 5.96. The Hall–Kier alpha value is -1.17. The number of pyridine rings is 1. The van der Waals surface area contributed by atoms with Crippen molar-refractivity contribution >= 4 is 18.3 Å². The molecule has 1 amide bonds. The highest BCUT2D eigenvalue weighted by Gasteiger charge is 2.26. The average Bonchev–Trinajstić information content (AvgIpc) is 2.92. The third kappa shape index (κ3) is 3.93. The van der Waals surface area contributed by atoms with E-state index in [1.807, 2.05) is 23.4 Å². The number of carbonyl (C=O) groups is 1. The Morgan fingerprint density at radius 1 is 1.33 bits per heavy atom. The third-order valence-corrected chi connectivity index (χ3v) is 4.25. The number of nitrogens with zero attached hydrogens (tertiary/aromatic N) is 3. The third-order valence-electron chi connectivity index (χ3n) is 4.25. The molecule has 0 radical (unpaired) electrons. The van der Waals surface area contributed by atoms with E-state index in [9.17, 15) is 4.79 Å². The maximum Gasteiger partial charge on any atom is 0.222 e. The molecule has 6 heteroatoms. The number of halogens is 1. The molecule has 0 aromatic carbocycles. The van der Waals surface area contributed by atoms with Crippen LogP contribution in [0.3, 0.4) is 0 Å². The van der Waals surface area contributed by atoms with Crippen molar-refractivity contribution in [3.63, 3.8) is 0 Å². The Bertz CT molecular complexity index is 456. The van der Waals surface area contributed by atoms with Crippen LogP contribution in [-0.2, 0) is 4.79 Å². The maximum atomic E-state index is 11.7. The molecule has 0 bridgehead atoms. The molecule has 5 nitrogen and oxygen atoms in total. The fraction of sp³-hybridized carbons (Fsp3) is 0.600. The van der Waals surface area contributed by atoms with Crippen LogP contribution in [0, 0.1) is 0 Å². The molecule has 1 N–H and O–H groups in total. The molecular weight excluding hydrogens is 288 g/mol. The summed E-state index contributed by atoms with van der Waals surface area (Å²) in [7, 11) is 0. The predicted molar refractivity (Wildman–Crippen MR) is 84.5 cm³/mol. The summed E-state index contributed by atoms with van der Waals surface area (Å²) >= 11 is 0. The summed E-state index contributed by atoms with van der Waals surface area (Å²) in [6.45, 7) is 5.75. The molecule has 2 aliphatic heterocycles. The van der Waals surface area contributed by atoms with Gasteiger partial charge in [-0.2, -0.15) is 0 Å². The van der Waals surface area contributed by atoms with E-state index in [2.05, 4.69) is 21.3 Å². The second kappa shape index (κ2) is 7.73. The number of likely N-dealkylation sites (tertiary alicyclic amines) is 1. The lowest BCUT2D eigenvalue weighted by molar-refractivity contribution is -0.127. The summed E-state index contributed by atoms with van der Waals surface area (Å²) in [6, 6.07) is 4.50. The van der Waals surface area contributed by atoms with Crippen LogP contribution in [0.1, 0.15) is 24.4 Å². The van der Waals surface area contributed by atoms with Gasteiger partial charge in [0.05, 0.1) is 0 Å². The number of hydrogen-bond donors (Lipinski definition) is 1. The number of carbonyl (C=O) groups excluding carboxylic acids is 1. The SMILES string of the molecule is Cl.O=C1CCCN1CCN1CCNCC1c1cccnc1. The van der Waals surface area contributed by atoms with Gasteiger partial charge >= 0.3 is 0 Å². The first-order valence-corrected chi connectivity index (χ1v) is 7.47. The van der Waals surface area contributed by atoms with E-state index < -0.39 is 0 Å². The van der Waals surface area contributed by atoms with Gasteiger partial charge in [-0.05, 0) is 18.1 Å². The van der Waals surface area contributed by atoms with Crippen LogP contribution in [0.15, 0.2) is 24.5 Å². The number of amides is 1. The van der Waals surface area contributed by atoms with E-state index in [-0.39, 0.29) is 12.4 Å². The van der Waals surface area contributed by atoms with Crippen molar-refractivity contribution in [2.75, 3.05) is 39.3 Å². The summed E-state index contributed by atoms with van der Waals surface area (Å²) < 4.78 is 0. The second-order valence-electron chi connectivity index (χ2n) is 5.53. The molecule has 21 heavy (non-hydrogen) atoms. The monoisotopic (exact) mass is 310 g/mol. The summed E-state index contributed by atoms with van der Waals surface area (Å²) in [5.74, 6) is 0.318. The Labute approximate surface area is 132 Å². The van der Waals surface area contributed by atoms with Crippen LogP contribution >= 0.6 is 12.4 Å². The highest BCUT2D eigenvalue weighted by molar-refractivity contribution is 5.85. The maximum absolute atomic E-state index is 11.7. The fourth-order valence-electron chi connectivity index (χ4n) is 3.11. The van der Waals surface area contributed by atoms with Gasteiger partial charge in [-0.3, -0.25) is 14.7 Å². The van der Waals surface area contributed by atoms with Crippen LogP contribution in [0.5, 0.6) is 0 Å². The first-order chi connectivity index (χ1) is 9.84. The minimum atomic E-state index is 0. The van der Waals surface area contributed by atoms with Crippen LogP contribution in [0.2, 0.25) is 0 Å². The van der Waals surface area contributed by atoms with Gasteiger partial charge < -0.3 is 10.2 Å². The van der Waals surface area contributed by atoms with Crippen LogP contribution in [0.25, 0.3) is 0 Å². The van der Waals surface area contributed by atoms with Gasteiger partial charge in [-0.25, -0.2) is 0 Å². The first kappa shape index (κ1) is 16.2. The molecule has 0 aliphatic carbocycles. The zero-order valence-electron chi connectivity index (χ0n) is 12.2. The van der Waals surface area contributed by atoms with Crippen molar-refractivity contribution in [3.05, 3.63) is 30.1 Å². The fourth-order valence-corrected chi connectivity index (χ4v) is 3.11. The molecule has 2 fully saturated rings. The van der Waals surface area contributed by atoms with E-state index in [4.69, 9.17) is 0 Å². The van der Waals surface area contributed by atoms with Crippen LogP contribution < -0.4 is 5.32 Å². The number of nitrogens with one attached hydrogen (secondary N) is 1. The topological polar surface area (TPSA) is 48.5 Å². The lowest BCUT2D eigenvalue weighted by Gasteiger charge is -2.37.